The van der Waals surface area contributed by atoms with E-state index in [0.29, 0.717) is 12.2 Å². The summed E-state index contributed by atoms with van der Waals surface area (Å²) in [5.41, 5.74) is 0.688. The van der Waals surface area contributed by atoms with Gasteiger partial charge in [0, 0.05) is 17.0 Å². The predicted molar refractivity (Wildman–Crippen MR) is 81.6 cm³/mol. The van der Waals surface area contributed by atoms with Crippen LogP contribution in [0.25, 0.3) is 15.5 Å². The number of ether oxygens (including phenoxy) is 1. The Morgan fingerprint density at radius 1 is 1.38 bits per heavy atom. The number of aromatic hydroxyl groups is 1. The van der Waals surface area contributed by atoms with E-state index in [0.717, 1.165) is 33.3 Å². The lowest BCUT2D eigenvalue weighted by Gasteiger charge is -2.03. The average Bonchev–Trinajstić information content (AvgIpc) is 3.15. The van der Waals surface area contributed by atoms with Gasteiger partial charge in [0.25, 0.3) is 0 Å². The molecule has 1 unspecified atom stereocenters. The monoisotopic (exact) mass is 366 g/mol. The first kappa shape index (κ1) is 13.2. The van der Waals surface area contributed by atoms with Crippen molar-refractivity contribution in [3.8, 4) is 16.3 Å². The number of halogens is 1. The predicted octanol–water partition coefficient (Wildman–Crippen LogP) is 2.82. The summed E-state index contributed by atoms with van der Waals surface area (Å²) in [5, 5.41) is 23.7. The number of phenols is 1. The average molecular weight is 367 g/mol. The smallest absolute Gasteiger partial charge is 0.234 e. The highest BCUT2D eigenvalue weighted by Crippen LogP contribution is 2.35. The number of aromatic nitrogens is 4. The molecule has 8 heteroatoms. The first-order valence-electron chi connectivity index (χ1n) is 6.51. The van der Waals surface area contributed by atoms with Crippen LogP contribution in [0.3, 0.4) is 0 Å². The van der Waals surface area contributed by atoms with Gasteiger partial charge in [0.15, 0.2) is 10.8 Å². The van der Waals surface area contributed by atoms with Gasteiger partial charge in [0.1, 0.15) is 5.75 Å². The van der Waals surface area contributed by atoms with Crippen molar-refractivity contribution in [3.63, 3.8) is 0 Å². The standard InChI is InChI=1S/C13H11BrN4O2S/c14-8-1-2-10(19)9(5-8)12-17-18-11(7-3-4-20-6-7)15-16-13(18)21-12/h1-2,5,7,19H,3-4,6H2. The van der Waals surface area contributed by atoms with Gasteiger partial charge in [-0.3, -0.25) is 0 Å². The first-order valence-corrected chi connectivity index (χ1v) is 8.12. The molecule has 4 rings (SSSR count). The normalized spacial score (nSPS) is 18.6. The molecule has 1 aliphatic heterocycles. The maximum atomic E-state index is 10.0. The zero-order chi connectivity index (χ0) is 14.4. The number of fused-ring (bicyclic) bond motifs is 1. The zero-order valence-corrected chi connectivity index (χ0v) is 13.3. The Kier molecular flexibility index (Phi) is 3.16. The van der Waals surface area contributed by atoms with Crippen LogP contribution < -0.4 is 0 Å². The molecule has 0 aliphatic carbocycles. The SMILES string of the molecule is Oc1ccc(Br)cc1-c1nn2c(C3CCOC3)nnc2s1. The molecule has 0 spiro atoms. The summed E-state index contributed by atoms with van der Waals surface area (Å²) in [6.45, 7) is 1.42. The van der Waals surface area contributed by atoms with E-state index in [1.54, 1.807) is 16.6 Å². The Morgan fingerprint density at radius 2 is 2.29 bits per heavy atom. The third kappa shape index (κ3) is 2.23. The van der Waals surface area contributed by atoms with Crippen LogP contribution in [0.15, 0.2) is 22.7 Å². The number of nitrogens with zero attached hydrogens (tertiary/aromatic N) is 4. The number of rotatable bonds is 2. The quantitative estimate of drug-likeness (QED) is 0.754. The summed E-state index contributed by atoms with van der Waals surface area (Å²) in [6, 6.07) is 5.29. The van der Waals surface area contributed by atoms with Crippen LogP contribution in [0.4, 0.5) is 0 Å². The van der Waals surface area contributed by atoms with E-state index >= 15 is 0 Å². The molecule has 0 radical (unpaired) electrons. The molecule has 3 aromatic rings. The Balaban J connectivity index is 1.82. The van der Waals surface area contributed by atoms with Gasteiger partial charge in [-0.2, -0.15) is 9.61 Å². The van der Waals surface area contributed by atoms with Crippen LogP contribution in [0.1, 0.15) is 18.2 Å². The molecule has 1 aromatic carbocycles. The molecule has 3 heterocycles. The van der Waals surface area contributed by atoms with E-state index in [2.05, 4.69) is 31.2 Å². The van der Waals surface area contributed by atoms with Crippen LogP contribution in [-0.4, -0.2) is 38.1 Å². The molecule has 1 saturated heterocycles. The molecule has 0 bridgehead atoms. The molecular weight excluding hydrogens is 356 g/mol. The summed E-state index contributed by atoms with van der Waals surface area (Å²) in [7, 11) is 0. The molecule has 2 aromatic heterocycles. The van der Waals surface area contributed by atoms with Crippen molar-refractivity contribution in [2.24, 2.45) is 0 Å². The second-order valence-electron chi connectivity index (χ2n) is 4.88. The van der Waals surface area contributed by atoms with Gasteiger partial charge in [-0.05, 0) is 24.6 Å². The maximum absolute atomic E-state index is 10.0. The van der Waals surface area contributed by atoms with Crippen molar-refractivity contribution in [2.75, 3.05) is 13.2 Å². The van der Waals surface area contributed by atoms with Crippen molar-refractivity contribution in [3.05, 3.63) is 28.5 Å². The highest BCUT2D eigenvalue weighted by Gasteiger charge is 2.25. The number of hydrogen-bond donors (Lipinski definition) is 1. The molecule has 6 nitrogen and oxygen atoms in total. The Labute approximate surface area is 132 Å². The van der Waals surface area contributed by atoms with E-state index in [4.69, 9.17) is 4.74 Å². The van der Waals surface area contributed by atoms with Gasteiger partial charge < -0.3 is 9.84 Å². The van der Waals surface area contributed by atoms with Crippen LogP contribution >= 0.6 is 27.3 Å². The molecule has 0 saturated carbocycles. The van der Waals surface area contributed by atoms with Gasteiger partial charge in [-0.15, -0.1) is 10.2 Å². The lowest BCUT2D eigenvalue weighted by atomic mass is 10.1. The van der Waals surface area contributed by atoms with Crippen LogP contribution in [0.2, 0.25) is 0 Å². The van der Waals surface area contributed by atoms with Crippen LogP contribution in [0.5, 0.6) is 5.75 Å². The van der Waals surface area contributed by atoms with Crippen molar-refractivity contribution < 1.29 is 9.84 Å². The Morgan fingerprint density at radius 3 is 3.10 bits per heavy atom. The van der Waals surface area contributed by atoms with Gasteiger partial charge in [0.2, 0.25) is 4.96 Å². The largest absolute Gasteiger partial charge is 0.507 e. The van der Waals surface area contributed by atoms with Crippen molar-refractivity contribution in [1.29, 1.82) is 0 Å². The summed E-state index contributed by atoms with van der Waals surface area (Å²) in [5.74, 6) is 1.28. The molecule has 1 fully saturated rings. The van der Waals surface area contributed by atoms with Crippen LogP contribution in [-0.2, 0) is 4.74 Å². The summed E-state index contributed by atoms with van der Waals surface area (Å²) in [6.07, 6.45) is 0.940. The second-order valence-corrected chi connectivity index (χ2v) is 6.75. The number of phenolic OH excluding ortho intramolecular Hbond substituents is 1. The fraction of sp³-hybridized carbons (Fsp3) is 0.308. The minimum absolute atomic E-state index is 0.203. The fourth-order valence-corrected chi connectivity index (χ4v) is 3.65. The van der Waals surface area contributed by atoms with Crippen LogP contribution in [0, 0.1) is 0 Å². The highest BCUT2D eigenvalue weighted by molar-refractivity contribution is 9.10. The Bertz CT molecular complexity index is 810. The highest BCUT2D eigenvalue weighted by atomic mass is 79.9. The van der Waals surface area contributed by atoms with Gasteiger partial charge in [0.05, 0.1) is 12.2 Å². The van der Waals surface area contributed by atoms with Crippen molar-refractivity contribution in [1.82, 2.24) is 19.8 Å². The Hall–Kier alpha value is -1.51. The number of benzene rings is 1. The lowest BCUT2D eigenvalue weighted by molar-refractivity contribution is 0.193. The molecular formula is C13H11BrN4O2S. The van der Waals surface area contributed by atoms with E-state index in [-0.39, 0.29) is 11.7 Å². The van der Waals surface area contributed by atoms with E-state index in [1.165, 1.54) is 11.3 Å². The topological polar surface area (TPSA) is 72.5 Å². The minimum atomic E-state index is 0.203. The second kappa shape index (κ2) is 5.04. The van der Waals surface area contributed by atoms with Gasteiger partial charge in [-0.1, -0.05) is 27.3 Å². The molecule has 1 aliphatic rings. The summed E-state index contributed by atoms with van der Waals surface area (Å²) < 4.78 is 8.06. The fourth-order valence-electron chi connectivity index (χ4n) is 2.41. The van der Waals surface area contributed by atoms with Crippen molar-refractivity contribution >= 4 is 32.2 Å². The molecule has 108 valence electrons. The number of hydrogen-bond acceptors (Lipinski definition) is 6. The molecule has 0 amide bonds. The summed E-state index contributed by atoms with van der Waals surface area (Å²) >= 11 is 4.82. The van der Waals surface area contributed by atoms with E-state index in [1.807, 2.05) is 6.07 Å². The molecule has 21 heavy (non-hydrogen) atoms. The summed E-state index contributed by atoms with van der Waals surface area (Å²) in [4.78, 5) is 0.728. The van der Waals surface area contributed by atoms with Gasteiger partial charge in [-0.25, -0.2) is 0 Å². The minimum Gasteiger partial charge on any atom is -0.507 e. The van der Waals surface area contributed by atoms with E-state index in [9.17, 15) is 5.11 Å². The zero-order valence-electron chi connectivity index (χ0n) is 10.9. The third-order valence-electron chi connectivity index (χ3n) is 3.50. The lowest BCUT2D eigenvalue weighted by Crippen LogP contribution is -2.04. The van der Waals surface area contributed by atoms with Crippen molar-refractivity contribution in [2.45, 2.75) is 12.3 Å². The first-order chi connectivity index (χ1) is 10.2. The van der Waals surface area contributed by atoms with E-state index < -0.39 is 0 Å². The van der Waals surface area contributed by atoms with Gasteiger partial charge >= 0.3 is 0 Å². The third-order valence-corrected chi connectivity index (χ3v) is 4.92. The molecule has 1 N–H and O–H groups in total. The maximum Gasteiger partial charge on any atom is 0.234 e. The molecule has 1 atom stereocenters.